The lowest BCUT2D eigenvalue weighted by Gasteiger charge is -2.36. The smallest absolute Gasteiger partial charge is 0.146 e. The minimum atomic E-state index is -0.159. The van der Waals surface area contributed by atoms with E-state index < -0.39 is 0 Å². The van der Waals surface area contributed by atoms with Crippen molar-refractivity contribution in [3.63, 3.8) is 0 Å². The molecule has 4 nitrogen and oxygen atoms in total. The molecule has 3 aromatic rings. The van der Waals surface area contributed by atoms with E-state index in [-0.39, 0.29) is 5.82 Å². The molecule has 0 bridgehead atoms. The first kappa shape index (κ1) is 19.7. The molecular formula is C23H25FN4S. The van der Waals surface area contributed by atoms with E-state index in [2.05, 4.69) is 57.9 Å². The van der Waals surface area contributed by atoms with Gasteiger partial charge in [-0.05, 0) is 37.1 Å². The van der Waals surface area contributed by atoms with E-state index in [9.17, 15) is 4.39 Å². The average molecular weight is 409 g/mol. The molecule has 0 unspecified atom stereocenters. The Balaban J connectivity index is 1.39. The van der Waals surface area contributed by atoms with E-state index >= 15 is 0 Å². The summed E-state index contributed by atoms with van der Waals surface area (Å²) in [6, 6.07) is 15.6. The van der Waals surface area contributed by atoms with Gasteiger partial charge in [0.05, 0.1) is 5.69 Å². The zero-order valence-corrected chi connectivity index (χ0v) is 17.6. The van der Waals surface area contributed by atoms with E-state index in [4.69, 9.17) is 0 Å². The van der Waals surface area contributed by atoms with Crippen molar-refractivity contribution in [2.24, 2.45) is 0 Å². The monoisotopic (exact) mass is 408 g/mol. The summed E-state index contributed by atoms with van der Waals surface area (Å²) in [5, 5.41) is 0.979. The summed E-state index contributed by atoms with van der Waals surface area (Å²) in [6.07, 6.45) is 1.64. The van der Waals surface area contributed by atoms with Gasteiger partial charge in [-0.25, -0.2) is 14.4 Å². The Morgan fingerprint density at radius 3 is 2.48 bits per heavy atom. The lowest BCUT2D eigenvalue weighted by molar-refractivity contribution is 0.595. The highest BCUT2D eigenvalue weighted by molar-refractivity contribution is 7.98. The zero-order valence-electron chi connectivity index (χ0n) is 16.8. The predicted molar refractivity (Wildman–Crippen MR) is 118 cm³/mol. The van der Waals surface area contributed by atoms with Gasteiger partial charge in [0.2, 0.25) is 0 Å². The minimum absolute atomic E-state index is 0.159. The van der Waals surface area contributed by atoms with Crippen molar-refractivity contribution in [1.29, 1.82) is 0 Å². The molecule has 0 aliphatic carbocycles. The number of para-hydroxylation sites is 1. The maximum atomic E-state index is 14.0. The zero-order chi connectivity index (χ0) is 20.2. The van der Waals surface area contributed by atoms with Gasteiger partial charge in [0.1, 0.15) is 23.0 Å². The Kier molecular flexibility index (Phi) is 6.00. The molecule has 0 amide bonds. The number of anilines is 2. The van der Waals surface area contributed by atoms with Crippen molar-refractivity contribution in [2.75, 3.05) is 36.0 Å². The van der Waals surface area contributed by atoms with Crippen LogP contribution in [-0.4, -0.2) is 36.1 Å². The molecule has 1 aliphatic heterocycles. The first-order valence-corrected chi connectivity index (χ1v) is 10.8. The van der Waals surface area contributed by atoms with Gasteiger partial charge in [-0.15, -0.1) is 11.8 Å². The van der Waals surface area contributed by atoms with Gasteiger partial charge in [-0.2, -0.15) is 0 Å². The first-order chi connectivity index (χ1) is 14.1. The largest absolute Gasteiger partial charge is 0.366 e. The maximum absolute atomic E-state index is 14.0. The molecule has 0 radical (unpaired) electrons. The van der Waals surface area contributed by atoms with Crippen LogP contribution in [0.1, 0.15) is 16.7 Å². The van der Waals surface area contributed by atoms with Crippen molar-refractivity contribution < 1.29 is 4.39 Å². The maximum Gasteiger partial charge on any atom is 0.146 e. The molecule has 2 aromatic carbocycles. The summed E-state index contributed by atoms with van der Waals surface area (Å²) in [7, 11) is 0. The van der Waals surface area contributed by atoms with Gasteiger partial charge in [0.25, 0.3) is 0 Å². The van der Waals surface area contributed by atoms with E-state index in [0.717, 1.165) is 42.8 Å². The van der Waals surface area contributed by atoms with Crippen LogP contribution in [0.15, 0.2) is 59.9 Å². The number of piperazine rings is 1. The van der Waals surface area contributed by atoms with Crippen LogP contribution < -0.4 is 9.80 Å². The molecule has 0 atom stereocenters. The van der Waals surface area contributed by atoms with E-state index in [1.165, 1.54) is 22.8 Å². The third kappa shape index (κ3) is 4.70. The van der Waals surface area contributed by atoms with Crippen LogP contribution in [0.2, 0.25) is 0 Å². The lowest BCUT2D eigenvalue weighted by Crippen LogP contribution is -2.47. The molecule has 150 valence electrons. The van der Waals surface area contributed by atoms with Gasteiger partial charge < -0.3 is 9.80 Å². The summed E-state index contributed by atoms with van der Waals surface area (Å²) >= 11 is 1.74. The minimum Gasteiger partial charge on any atom is -0.366 e. The Morgan fingerprint density at radius 2 is 1.69 bits per heavy atom. The molecule has 1 aromatic heterocycles. The van der Waals surface area contributed by atoms with Crippen LogP contribution in [0.3, 0.4) is 0 Å². The van der Waals surface area contributed by atoms with Gasteiger partial charge in [0.15, 0.2) is 0 Å². The number of aryl methyl sites for hydroxylation is 2. The fourth-order valence-electron chi connectivity index (χ4n) is 3.57. The number of nitrogens with zero attached hydrogens (tertiary/aromatic N) is 4. The average Bonchev–Trinajstić information content (AvgIpc) is 2.75. The Bertz CT molecular complexity index is 986. The Labute approximate surface area is 175 Å². The quantitative estimate of drug-likeness (QED) is 0.445. The van der Waals surface area contributed by atoms with Crippen molar-refractivity contribution >= 4 is 23.3 Å². The molecule has 0 saturated carbocycles. The highest BCUT2D eigenvalue weighted by Crippen LogP contribution is 2.27. The number of hydrogen-bond donors (Lipinski definition) is 0. The molecule has 4 rings (SSSR count). The third-order valence-electron chi connectivity index (χ3n) is 5.30. The van der Waals surface area contributed by atoms with Gasteiger partial charge in [-0.1, -0.05) is 35.9 Å². The van der Waals surface area contributed by atoms with Crippen LogP contribution in [0, 0.1) is 19.7 Å². The molecule has 1 fully saturated rings. The van der Waals surface area contributed by atoms with E-state index in [1.54, 1.807) is 24.2 Å². The van der Waals surface area contributed by atoms with Crippen LogP contribution in [0.4, 0.5) is 15.9 Å². The van der Waals surface area contributed by atoms with E-state index in [1.807, 2.05) is 12.1 Å². The predicted octanol–water partition coefficient (Wildman–Crippen LogP) is 4.85. The highest BCUT2D eigenvalue weighted by atomic mass is 32.2. The first-order valence-electron chi connectivity index (χ1n) is 9.85. The number of thioether (sulfide) groups is 1. The topological polar surface area (TPSA) is 32.3 Å². The molecule has 1 aliphatic rings. The van der Waals surface area contributed by atoms with Crippen LogP contribution in [-0.2, 0) is 5.75 Å². The number of rotatable bonds is 5. The van der Waals surface area contributed by atoms with Crippen LogP contribution >= 0.6 is 11.8 Å². The molecular weight excluding hydrogens is 383 g/mol. The number of aromatic nitrogens is 2. The van der Waals surface area contributed by atoms with E-state index in [0.29, 0.717) is 5.69 Å². The summed E-state index contributed by atoms with van der Waals surface area (Å²) in [5.41, 5.74) is 4.61. The SMILES string of the molecule is Cc1ccc(C)c(CSc2cc(N3CCN(c4ccccc4F)CC3)ncn2)c1. The molecule has 29 heavy (non-hydrogen) atoms. The summed E-state index contributed by atoms with van der Waals surface area (Å²) in [5.74, 6) is 1.68. The standard InChI is InChI=1S/C23H25FN4S/c1-17-7-8-18(2)19(13-17)15-29-23-14-22(25-16-26-23)28-11-9-27(10-12-28)21-6-4-3-5-20(21)24/h3-8,13-14,16H,9-12,15H2,1-2H3. The third-order valence-corrected chi connectivity index (χ3v) is 6.28. The fourth-order valence-corrected chi connectivity index (χ4v) is 4.50. The summed E-state index contributed by atoms with van der Waals surface area (Å²) < 4.78 is 14.0. The van der Waals surface area contributed by atoms with Crippen molar-refractivity contribution in [2.45, 2.75) is 24.6 Å². The number of halogens is 1. The van der Waals surface area contributed by atoms with Crippen molar-refractivity contribution in [1.82, 2.24) is 9.97 Å². The Morgan fingerprint density at radius 1 is 0.931 bits per heavy atom. The normalized spacial score (nSPS) is 14.3. The number of benzene rings is 2. The molecule has 0 N–H and O–H groups in total. The molecule has 6 heteroatoms. The van der Waals surface area contributed by atoms with Gasteiger partial charge in [0, 0.05) is 38.0 Å². The second-order valence-electron chi connectivity index (χ2n) is 7.36. The Hall–Kier alpha value is -2.60. The fraction of sp³-hybridized carbons (Fsp3) is 0.304. The second-order valence-corrected chi connectivity index (χ2v) is 8.35. The summed E-state index contributed by atoms with van der Waals surface area (Å²) in [6.45, 7) is 7.44. The molecule has 2 heterocycles. The summed E-state index contributed by atoms with van der Waals surface area (Å²) in [4.78, 5) is 13.3. The van der Waals surface area contributed by atoms with Crippen molar-refractivity contribution in [3.05, 3.63) is 77.4 Å². The molecule has 1 saturated heterocycles. The van der Waals surface area contributed by atoms with Crippen LogP contribution in [0.25, 0.3) is 0 Å². The highest BCUT2D eigenvalue weighted by Gasteiger charge is 2.20. The van der Waals surface area contributed by atoms with Crippen molar-refractivity contribution in [3.8, 4) is 0 Å². The van der Waals surface area contributed by atoms with Gasteiger partial charge >= 0.3 is 0 Å². The second kappa shape index (κ2) is 8.82. The molecule has 0 spiro atoms. The van der Waals surface area contributed by atoms with Crippen LogP contribution in [0.5, 0.6) is 0 Å². The number of hydrogen-bond acceptors (Lipinski definition) is 5. The van der Waals surface area contributed by atoms with Gasteiger partial charge in [-0.3, -0.25) is 0 Å². The lowest BCUT2D eigenvalue weighted by atomic mass is 10.1.